The summed E-state index contributed by atoms with van der Waals surface area (Å²) in [4.78, 5) is 21.1. The fraction of sp³-hybridized carbons (Fsp3) is 0.353. The maximum absolute atomic E-state index is 12.6. The van der Waals surface area contributed by atoms with Gasteiger partial charge in [-0.15, -0.1) is 0 Å². The van der Waals surface area contributed by atoms with Crippen LogP contribution >= 0.6 is 11.3 Å². The Hall–Kier alpha value is -2.55. The van der Waals surface area contributed by atoms with Crippen LogP contribution < -0.4 is 4.90 Å². The van der Waals surface area contributed by atoms with E-state index >= 15 is 0 Å². The predicted molar refractivity (Wildman–Crippen MR) is 95.8 cm³/mol. The molecule has 0 N–H and O–H groups in total. The van der Waals surface area contributed by atoms with Crippen molar-refractivity contribution in [2.24, 2.45) is 0 Å². The second-order valence-corrected chi connectivity index (χ2v) is 7.06. The smallest absolute Gasteiger partial charge is 0.333 e. The Morgan fingerprint density at radius 1 is 1.12 bits per heavy atom. The first-order valence-electron chi connectivity index (χ1n) is 8.35. The van der Waals surface area contributed by atoms with E-state index in [0.29, 0.717) is 24.3 Å². The summed E-state index contributed by atoms with van der Waals surface area (Å²) in [6.07, 6.45) is 1.92. The summed E-state index contributed by atoms with van der Waals surface area (Å²) in [5, 5.41) is 4.62. The van der Waals surface area contributed by atoms with Gasteiger partial charge in [0.15, 0.2) is 10.8 Å². The minimum absolute atomic E-state index is 0.0544. The lowest BCUT2D eigenvalue weighted by Crippen LogP contribution is -2.35. The molecule has 1 saturated heterocycles. The maximum Gasteiger partial charge on any atom is 0.333 e. The summed E-state index contributed by atoms with van der Waals surface area (Å²) < 4.78 is 26.9. The molecule has 0 atom stereocenters. The molecule has 0 bridgehead atoms. The Kier molecular flexibility index (Phi) is 4.54. The molecular formula is C17H17F2N5OS. The molecule has 1 aromatic carbocycles. The lowest BCUT2D eigenvalue weighted by atomic mass is 10.3. The largest absolute Gasteiger partial charge is 0.346 e. The van der Waals surface area contributed by atoms with Gasteiger partial charge >= 0.3 is 6.55 Å². The van der Waals surface area contributed by atoms with Crippen molar-refractivity contribution >= 4 is 32.6 Å². The van der Waals surface area contributed by atoms with E-state index in [1.54, 1.807) is 16.2 Å². The molecule has 4 rings (SSSR count). The Bertz CT molecular complexity index is 892. The molecule has 1 amide bonds. The number of carbonyl (C=O) groups excluding carboxylic acids is 1. The number of thiazole rings is 1. The summed E-state index contributed by atoms with van der Waals surface area (Å²) in [6.45, 7) is -0.205. The van der Waals surface area contributed by atoms with E-state index < -0.39 is 6.55 Å². The van der Waals surface area contributed by atoms with Crippen molar-refractivity contribution in [1.82, 2.24) is 19.7 Å². The van der Waals surface area contributed by atoms with Gasteiger partial charge in [0.1, 0.15) is 0 Å². The number of hydrogen-bond donors (Lipinski definition) is 0. The topological polar surface area (TPSA) is 54.3 Å². The molecule has 9 heteroatoms. The number of alkyl halides is 2. The number of hydrogen-bond acceptors (Lipinski definition) is 5. The van der Waals surface area contributed by atoms with Crippen LogP contribution in [0.4, 0.5) is 13.9 Å². The quantitative estimate of drug-likeness (QED) is 0.703. The van der Waals surface area contributed by atoms with Gasteiger partial charge in [0, 0.05) is 32.4 Å². The molecule has 1 aliphatic rings. The fourth-order valence-electron chi connectivity index (χ4n) is 3.03. The number of carbonyl (C=O) groups is 1. The standard InChI is InChI=1S/C17H17F2N5OS/c18-16(19)24-9-6-13(21-24)15(25)22-7-3-8-23(11-10-22)17-20-12-4-1-2-5-14(12)26-17/h1-2,4-6,9,16H,3,7-8,10-11H2. The first-order chi connectivity index (χ1) is 12.6. The number of nitrogens with zero attached hydrogens (tertiary/aromatic N) is 5. The number of benzene rings is 1. The van der Waals surface area contributed by atoms with E-state index in [4.69, 9.17) is 0 Å². The molecule has 0 spiro atoms. The van der Waals surface area contributed by atoms with Gasteiger partial charge in [-0.2, -0.15) is 13.9 Å². The van der Waals surface area contributed by atoms with Gasteiger partial charge in [0.25, 0.3) is 5.91 Å². The van der Waals surface area contributed by atoms with Gasteiger partial charge in [-0.25, -0.2) is 9.67 Å². The van der Waals surface area contributed by atoms with Gasteiger partial charge in [0.2, 0.25) is 0 Å². The Morgan fingerprint density at radius 3 is 2.73 bits per heavy atom. The van der Waals surface area contributed by atoms with Crippen LogP contribution in [-0.4, -0.2) is 51.8 Å². The van der Waals surface area contributed by atoms with E-state index in [2.05, 4.69) is 15.0 Å². The van der Waals surface area contributed by atoms with Crippen LogP contribution in [0.3, 0.4) is 0 Å². The number of aromatic nitrogens is 3. The van der Waals surface area contributed by atoms with Gasteiger partial charge < -0.3 is 9.80 Å². The maximum atomic E-state index is 12.6. The third kappa shape index (κ3) is 3.26. The number of rotatable bonds is 3. The Morgan fingerprint density at radius 2 is 1.96 bits per heavy atom. The van der Waals surface area contributed by atoms with Crippen LogP contribution in [0.15, 0.2) is 36.5 Å². The Labute approximate surface area is 152 Å². The fourth-order valence-corrected chi connectivity index (χ4v) is 4.05. The second-order valence-electron chi connectivity index (χ2n) is 6.06. The van der Waals surface area contributed by atoms with Gasteiger partial charge in [0.05, 0.1) is 10.2 Å². The van der Waals surface area contributed by atoms with Crippen LogP contribution in [0.25, 0.3) is 10.2 Å². The minimum atomic E-state index is -2.74. The van der Waals surface area contributed by atoms with E-state index in [-0.39, 0.29) is 11.6 Å². The molecule has 26 heavy (non-hydrogen) atoms. The first kappa shape index (κ1) is 16.9. The SMILES string of the molecule is O=C(c1ccn(C(F)F)n1)N1CCCN(c2nc3ccccc3s2)CC1. The predicted octanol–water partition coefficient (Wildman–Crippen LogP) is 3.24. The molecule has 136 valence electrons. The molecule has 2 aromatic heterocycles. The van der Waals surface area contributed by atoms with Crippen LogP contribution in [0.2, 0.25) is 0 Å². The first-order valence-corrected chi connectivity index (χ1v) is 9.16. The van der Waals surface area contributed by atoms with Crippen LogP contribution in [-0.2, 0) is 0 Å². The highest BCUT2D eigenvalue weighted by Crippen LogP contribution is 2.29. The average Bonchev–Trinajstić information content (AvgIpc) is 3.22. The number of para-hydroxylation sites is 1. The summed E-state index contributed by atoms with van der Waals surface area (Å²) in [7, 11) is 0. The molecule has 3 aromatic rings. The molecule has 6 nitrogen and oxygen atoms in total. The van der Waals surface area contributed by atoms with Gasteiger partial charge in [-0.1, -0.05) is 23.5 Å². The average molecular weight is 377 g/mol. The third-order valence-corrected chi connectivity index (χ3v) is 5.46. The highest BCUT2D eigenvalue weighted by atomic mass is 32.1. The van der Waals surface area contributed by atoms with E-state index in [1.165, 1.54) is 6.07 Å². The molecule has 0 radical (unpaired) electrons. The van der Waals surface area contributed by atoms with Crippen molar-refractivity contribution < 1.29 is 13.6 Å². The number of fused-ring (bicyclic) bond motifs is 1. The van der Waals surface area contributed by atoms with Crippen LogP contribution in [0.1, 0.15) is 23.5 Å². The van der Waals surface area contributed by atoms with Crippen molar-refractivity contribution in [3.8, 4) is 0 Å². The molecule has 3 heterocycles. The summed E-state index contributed by atoms with van der Waals surface area (Å²) in [5.41, 5.74) is 1.03. The van der Waals surface area contributed by atoms with Crippen molar-refractivity contribution in [3.63, 3.8) is 0 Å². The third-order valence-electron chi connectivity index (χ3n) is 4.36. The molecule has 0 unspecified atom stereocenters. The summed E-state index contributed by atoms with van der Waals surface area (Å²) >= 11 is 1.64. The van der Waals surface area contributed by atoms with E-state index in [0.717, 1.165) is 34.5 Å². The lowest BCUT2D eigenvalue weighted by molar-refractivity contribution is 0.0552. The second kappa shape index (κ2) is 6.99. The molecule has 1 aliphatic heterocycles. The highest BCUT2D eigenvalue weighted by molar-refractivity contribution is 7.22. The van der Waals surface area contributed by atoms with Crippen molar-refractivity contribution in [1.29, 1.82) is 0 Å². The molecule has 0 aliphatic carbocycles. The number of halogens is 2. The number of anilines is 1. The van der Waals surface area contributed by atoms with Crippen molar-refractivity contribution in [2.45, 2.75) is 13.0 Å². The highest BCUT2D eigenvalue weighted by Gasteiger charge is 2.24. The normalized spacial score (nSPS) is 15.7. The zero-order chi connectivity index (χ0) is 18.1. The summed E-state index contributed by atoms with van der Waals surface area (Å²) in [5.74, 6) is -0.310. The van der Waals surface area contributed by atoms with Crippen molar-refractivity contribution in [2.75, 3.05) is 31.1 Å². The van der Waals surface area contributed by atoms with Crippen LogP contribution in [0.5, 0.6) is 0 Å². The Balaban J connectivity index is 1.46. The molecule has 0 saturated carbocycles. The monoisotopic (exact) mass is 377 g/mol. The van der Waals surface area contributed by atoms with Crippen molar-refractivity contribution in [3.05, 3.63) is 42.2 Å². The lowest BCUT2D eigenvalue weighted by Gasteiger charge is -2.21. The zero-order valence-corrected chi connectivity index (χ0v) is 14.7. The van der Waals surface area contributed by atoms with Gasteiger partial charge in [-0.3, -0.25) is 4.79 Å². The zero-order valence-electron chi connectivity index (χ0n) is 13.9. The molecular weight excluding hydrogens is 360 g/mol. The summed E-state index contributed by atoms with van der Waals surface area (Å²) in [6, 6.07) is 9.33. The minimum Gasteiger partial charge on any atom is -0.346 e. The van der Waals surface area contributed by atoms with E-state index in [1.807, 2.05) is 24.3 Å². The number of amides is 1. The van der Waals surface area contributed by atoms with Crippen LogP contribution in [0, 0.1) is 0 Å². The molecule has 1 fully saturated rings. The van der Waals surface area contributed by atoms with E-state index in [9.17, 15) is 13.6 Å². The van der Waals surface area contributed by atoms with Gasteiger partial charge in [-0.05, 0) is 24.6 Å².